The van der Waals surface area contributed by atoms with Gasteiger partial charge < -0.3 is 5.11 Å². The Labute approximate surface area is 143 Å². The van der Waals surface area contributed by atoms with Crippen LogP contribution in [0.25, 0.3) is 0 Å². The molecule has 0 amide bonds. The highest BCUT2D eigenvalue weighted by atomic mass is 16.4. The van der Waals surface area contributed by atoms with E-state index in [9.17, 15) is 9.90 Å². The third kappa shape index (κ3) is 3.21. The van der Waals surface area contributed by atoms with E-state index in [0.29, 0.717) is 13.1 Å². The Kier molecular flexibility index (Phi) is 4.69. The minimum absolute atomic E-state index is 0.0776. The monoisotopic (exact) mass is 324 g/mol. The average Bonchev–Trinajstić information content (AvgIpc) is 2.54. The molecule has 2 aromatic rings. The molecular formula is C20H24N2O2. The van der Waals surface area contributed by atoms with Crippen molar-refractivity contribution in [2.24, 2.45) is 0 Å². The molecule has 0 unspecified atom stereocenters. The van der Waals surface area contributed by atoms with Crippen LogP contribution in [0.4, 0.5) is 0 Å². The van der Waals surface area contributed by atoms with Gasteiger partial charge in [-0.3, -0.25) is 15.0 Å². The summed E-state index contributed by atoms with van der Waals surface area (Å²) in [5, 5.41) is 12.9. The maximum absolute atomic E-state index is 11.8. The van der Waals surface area contributed by atoms with E-state index in [4.69, 9.17) is 0 Å². The highest BCUT2D eigenvalue weighted by Gasteiger charge is 2.52. The van der Waals surface area contributed by atoms with Gasteiger partial charge in [0.25, 0.3) is 0 Å². The van der Waals surface area contributed by atoms with Gasteiger partial charge in [0.1, 0.15) is 5.54 Å². The quantitative estimate of drug-likeness (QED) is 0.858. The predicted octanol–water partition coefficient (Wildman–Crippen LogP) is 2.91. The molecule has 0 radical (unpaired) electrons. The molecule has 0 aliphatic carbocycles. The lowest BCUT2D eigenvalue weighted by atomic mass is 9.84. The second-order valence-corrected chi connectivity index (χ2v) is 6.82. The Morgan fingerprint density at radius 1 is 1.00 bits per heavy atom. The van der Waals surface area contributed by atoms with Crippen LogP contribution in [-0.2, 0) is 4.79 Å². The van der Waals surface area contributed by atoms with Crippen molar-refractivity contribution in [3.05, 3.63) is 71.8 Å². The maximum atomic E-state index is 11.8. The number of hydrogen-bond donors (Lipinski definition) is 2. The number of carboxylic acid groups (broad SMARTS) is 1. The Bertz CT molecular complexity index is 640. The first-order chi connectivity index (χ1) is 11.5. The molecule has 1 aliphatic rings. The van der Waals surface area contributed by atoms with Gasteiger partial charge in [0, 0.05) is 19.1 Å². The number of nitrogens with one attached hydrogen (secondary N) is 1. The van der Waals surface area contributed by atoms with Crippen molar-refractivity contribution in [1.29, 1.82) is 0 Å². The van der Waals surface area contributed by atoms with Crippen LogP contribution >= 0.6 is 0 Å². The zero-order valence-corrected chi connectivity index (χ0v) is 14.1. The van der Waals surface area contributed by atoms with Crippen LogP contribution in [-0.4, -0.2) is 40.6 Å². The summed E-state index contributed by atoms with van der Waals surface area (Å²) in [6, 6.07) is 20.8. The second-order valence-electron chi connectivity index (χ2n) is 6.82. The van der Waals surface area contributed by atoms with Crippen LogP contribution in [0.15, 0.2) is 60.7 Å². The first kappa shape index (κ1) is 16.7. The number of likely N-dealkylation sites (tertiary alicyclic amines) is 1. The minimum Gasteiger partial charge on any atom is -0.480 e. The van der Waals surface area contributed by atoms with E-state index < -0.39 is 11.5 Å². The summed E-state index contributed by atoms with van der Waals surface area (Å²) in [5.74, 6) is -0.771. The third-order valence-electron chi connectivity index (χ3n) is 4.52. The summed E-state index contributed by atoms with van der Waals surface area (Å²) in [5.41, 5.74) is 1.52. The summed E-state index contributed by atoms with van der Waals surface area (Å²) in [6.45, 7) is 4.96. The standard InChI is InChI=1S/C20H24N2O2/c1-15(2)21-20(19(23)24)13-22(14-20)18(16-9-5-3-6-10-16)17-11-7-4-8-12-17/h3-12,15,18,21H,13-14H2,1-2H3,(H,23,24). The lowest BCUT2D eigenvalue weighted by molar-refractivity contribution is -0.154. The molecule has 126 valence electrons. The first-order valence-electron chi connectivity index (χ1n) is 8.37. The number of rotatable bonds is 6. The van der Waals surface area contributed by atoms with Gasteiger partial charge in [-0.25, -0.2) is 0 Å². The molecule has 3 rings (SSSR count). The Hall–Kier alpha value is -2.17. The molecule has 2 N–H and O–H groups in total. The number of carboxylic acids is 1. The molecule has 1 heterocycles. The molecule has 1 fully saturated rings. The molecule has 4 heteroatoms. The minimum atomic E-state index is -0.851. The summed E-state index contributed by atoms with van der Waals surface area (Å²) in [6.07, 6.45) is 0. The van der Waals surface area contributed by atoms with Gasteiger partial charge in [0.15, 0.2) is 0 Å². The summed E-state index contributed by atoms with van der Waals surface area (Å²) < 4.78 is 0. The molecule has 0 spiro atoms. The number of aliphatic carboxylic acids is 1. The zero-order valence-electron chi connectivity index (χ0n) is 14.1. The first-order valence-corrected chi connectivity index (χ1v) is 8.37. The van der Waals surface area contributed by atoms with E-state index in [-0.39, 0.29) is 12.1 Å². The molecule has 0 atom stereocenters. The molecule has 0 aromatic heterocycles. The topological polar surface area (TPSA) is 52.6 Å². The summed E-state index contributed by atoms with van der Waals surface area (Å²) in [4.78, 5) is 14.0. The number of hydrogen-bond acceptors (Lipinski definition) is 3. The molecule has 2 aromatic carbocycles. The number of benzene rings is 2. The van der Waals surface area contributed by atoms with Crippen LogP contribution < -0.4 is 5.32 Å². The van der Waals surface area contributed by atoms with Gasteiger partial charge in [-0.2, -0.15) is 0 Å². The Balaban J connectivity index is 1.88. The zero-order chi connectivity index (χ0) is 17.2. The van der Waals surface area contributed by atoms with Crippen LogP contribution in [0, 0.1) is 0 Å². The van der Waals surface area contributed by atoms with E-state index in [0.717, 1.165) is 0 Å². The van der Waals surface area contributed by atoms with Crippen molar-refractivity contribution in [2.75, 3.05) is 13.1 Å². The van der Waals surface area contributed by atoms with Crippen LogP contribution in [0.5, 0.6) is 0 Å². The second kappa shape index (κ2) is 6.75. The van der Waals surface area contributed by atoms with Crippen LogP contribution in [0.1, 0.15) is 31.0 Å². The average molecular weight is 324 g/mol. The van der Waals surface area contributed by atoms with E-state index in [1.807, 2.05) is 50.2 Å². The van der Waals surface area contributed by atoms with Gasteiger partial charge in [-0.05, 0) is 25.0 Å². The largest absolute Gasteiger partial charge is 0.480 e. The van der Waals surface area contributed by atoms with Gasteiger partial charge >= 0.3 is 5.97 Å². The van der Waals surface area contributed by atoms with Crippen LogP contribution in [0.3, 0.4) is 0 Å². The maximum Gasteiger partial charge on any atom is 0.326 e. The molecule has 1 saturated heterocycles. The summed E-state index contributed by atoms with van der Waals surface area (Å²) >= 11 is 0. The molecule has 1 aliphatic heterocycles. The molecule has 4 nitrogen and oxygen atoms in total. The van der Waals surface area contributed by atoms with E-state index >= 15 is 0 Å². The summed E-state index contributed by atoms with van der Waals surface area (Å²) in [7, 11) is 0. The van der Waals surface area contributed by atoms with Gasteiger partial charge in [0.05, 0.1) is 6.04 Å². The van der Waals surface area contributed by atoms with Crippen molar-refractivity contribution in [2.45, 2.75) is 31.5 Å². The highest BCUT2D eigenvalue weighted by molar-refractivity contribution is 5.81. The number of carbonyl (C=O) groups is 1. The van der Waals surface area contributed by atoms with Crippen molar-refractivity contribution in [3.63, 3.8) is 0 Å². The molecule has 0 bridgehead atoms. The van der Waals surface area contributed by atoms with Crippen molar-refractivity contribution < 1.29 is 9.90 Å². The van der Waals surface area contributed by atoms with Crippen molar-refractivity contribution in [1.82, 2.24) is 10.2 Å². The van der Waals surface area contributed by atoms with Gasteiger partial charge in [0.2, 0.25) is 0 Å². The van der Waals surface area contributed by atoms with Gasteiger partial charge in [-0.1, -0.05) is 60.7 Å². The fraction of sp³-hybridized carbons (Fsp3) is 0.350. The normalized spacial score (nSPS) is 17.0. The fourth-order valence-electron chi connectivity index (χ4n) is 3.56. The van der Waals surface area contributed by atoms with E-state index in [1.165, 1.54) is 11.1 Å². The predicted molar refractivity (Wildman–Crippen MR) is 94.9 cm³/mol. The van der Waals surface area contributed by atoms with E-state index in [1.54, 1.807) is 0 Å². The molecule has 0 saturated carbocycles. The fourth-order valence-corrected chi connectivity index (χ4v) is 3.56. The Morgan fingerprint density at radius 3 is 1.83 bits per heavy atom. The molecule has 24 heavy (non-hydrogen) atoms. The van der Waals surface area contributed by atoms with Crippen molar-refractivity contribution in [3.8, 4) is 0 Å². The highest BCUT2D eigenvalue weighted by Crippen LogP contribution is 2.36. The third-order valence-corrected chi connectivity index (χ3v) is 4.52. The lowest BCUT2D eigenvalue weighted by Gasteiger charge is -2.52. The molecular weight excluding hydrogens is 300 g/mol. The number of nitrogens with zero attached hydrogens (tertiary/aromatic N) is 1. The smallest absolute Gasteiger partial charge is 0.326 e. The van der Waals surface area contributed by atoms with Crippen LogP contribution in [0.2, 0.25) is 0 Å². The Morgan fingerprint density at radius 2 is 1.46 bits per heavy atom. The van der Waals surface area contributed by atoms with E-state index in [2.05, 4.69) is 34.5 Å². The van der Waals surface area contributed by atoms with Crippen molar-refractivity contribution >= 4 is 5.97 Å². The SMILES string of the molecule is CC(C)NC1(C(=O)O)CN(C(c2ccccc2)c2ccccc2)C1. The van der Waals surface area contributed by atoms with Gasteiger partial charge in [-0.15, -0.1) is 0 Å². The lowest BCUT2D eigenvalue weighted by Crippen LogP contribution is -2.74.